The first kappa shape index (κ1) is 16.4. The molecule has 0 fully saturated rings. The topological polar surface area (TPSA) is 66.2 Å². The van der Waals surface area contributed by atoms with Crippen molar-refractivity contribution in [3.05, 3.63) is 76.8 Å². The molecule has 26 heavy (non-hydrogen) atoms. The Morgan fingerprint density at radius 3 is 2.58 bits per heavy atom. The van der Waals surface area contributed by atoms with Gasteiger partial charge in [0.05, 0.1) is 11.5 Å². The van der Waals surface area contributed by atoms with E-state index in [4.69, 9.17) is 16.0 Å². The zero-order valence-electron chi connectivity index (χ0n) is 13.8. The molecule has 0 bridgehead atoms. The molecule has 0 saturated carbocycles. The van der Waals surface area contributed by atoms with Gasteiger partial charge in [0.1, 0.15) is 11.5 Å². The summed E-state index contributed by atoms with van der Waals surface area (Å²) in [6.07, 6.45) is 0. The van der Waals surface area contributed by atoms with Crippen molar-refractivity contribution in [2.75, 3.05) is 0 Å². The highest BCUT2D eigenvalue weighted by molar-refractivity contribution is 6.31. The van der Waals surface area contributed by atoms with Crippen molar-refractivity contribution in [2.45, 2.75) is 6.92 Å². The van der Waals surface area contributed by atoms with Gasteiger partial charge in [-0.15, -0.1) is 0 Å². The van der Waals surface area contributed by atoms with Crippen molar-refractivity contribution in [1.82, 2.24) is 4.98 Å². The van der Waals surface area contributed by atoms with Crippen molar-refractivity contribution in [2.24, 2.45) is 0 Å². The van der Waals surface area contributed by atoms with E-state index in [1.807, 2.05) is 31.2 Å². The molecule has 0 saturated heterocycles. The summed E-state index contributed by atoms with van der Waals surface area (Å²) in [6.45, 7) is 1.93. The van der Waals surface area contributed by atoms with E-state index in [-0.39, 0.29) is 5.56 Å². The fourth-order valence-corrected chi connectivity index (χ4v) is 3.03. The molecule has 5 heteroatoms. The number of aromatic carboxylic acids is 1. The number of benzene rings is 2. The summed E-state index contributed by atoms with van der Waals surface area (Å²) < 4.78 is 5.90. The molecule has 2 aromatic heterocycles. The first-order valence-corrected chi connectivity index (χ1v) is 8.38. The molecule has 2 heterocycles. The molecule has 0 radical (unpaired) electrons. The number of rotatable bonds is 3. The fourth-order valence-electron chi connectivity index (χ4n) is 2.85. The van der Waals surface area contributed by atoms with E-state index < -0.39 is 5.97 Å². The number of halogens is 1. The van der Waals surface area contributed by atoms with E-state index in [9.17, 15) is 9.90 Å². The average Bonchev–Trinajstić information content (AvgIpc) is 3.13. The number of para-hydroxylation sites is 1. The fraction of sp³-hybridized carbons (Fsp3) is 0.0476. The van der Waals surface area contributed by atoms with Gasteiger partial charge in [-0.05, 0) is 42.8 Å². The molecule has 0 atom stereocenters. The summed E-state index contributed by atoms with van der Waals surface area (Å²) in [5, 5.41) is 12.7. The van der Waals surface area contributed by atoms with Crippen LogP contribution in [0.5, 0.6) is 0 Å². The van der Waals surface area contributed by atoms with Gasteiger partial charge < -0.3 is 14.3 Å². The molecule has 4 nitrogen and oxygen atoms in total. The molecule has 128 valence electrons. The van der Waals surface area contributed by atoms with Crippen LogP contribution < -0.4 is 5.11 Å². The van der Waals surface area contributed by atoms with Crippen LogP contribution in [0, 0.1) is 6.92 Å². The normalized spacial score (nSPS) is 11.0. The zero-order valence-corrected chi connectivity index (χ0v) is 14.6. The summed E-state index contributed by atoms with van der Waals surface area (Å²) in [5.74, 6) is -0.140. The Bertz CT molecular complexity index is 1150. The summed E-state index contributed by atoms with van der Waals surface area (Å²) >= 11 is 6.18. The lowest BCUT2D eigenvalue weighted by atomic mass is 10.1. The number of aryl methyl sites for hydroxylation is 1. The number of carbonyl (C=O) groups is 1. The van der Waals surface area contributed by atoms with Gasteiger partial charge in [-0.3, -0.25) is 0 Å². The Hall–Kier alpha value is -3.11. The van der Waals surface area contributed by atoms with E-state index in [2.05, 4.69) is 4.98 Å². The van der Waals surface area contributed by atoms with Crippen LogP contribution in [-0.2, 0) is 0 Å². The van der Waals surface area contributed by atoms with Crippen LogP contribution in [0.4, 0.5) is 0 Å². The maximum atomic E-state index is 11.5. The first-order chi connectivity index (χ1) is 12.5. The Labute approximate surface area is 154 Å². The van der Waals surface area contributed by atoms with Crippen LogP contribution in [0.25, 0.3) is 33.7 Å². The van der Waals surface area contributed by atoms with Crippen molar-refractivity contribution in [1.29, 1.82) is 0 Å². The van der Waals surface area contributed by atoms with Crippen molar-refractivity contribution in [3.8, 4) is 22.8 Å². The maximum Gasteiger partial charge on any atom is 0.153 e. The maximum absolute atomic E-state index is 11.5. The summed E-state index contributed by atoms with van der Waals surface area (Å²) in [5.41, 5.74) is 2.92. The number of fused-ring (bicyclic) bond motifs is 1. The predicted molar refractivity (Wildman–Crippen MR) is 99.0 cm³/mol. The molecule has 0 aliphatic heterocycles. The smallest absolute Gasteiger partial charge is 0.153 e. The number of nitrogens with zero attached hydrogens (tertiary/aromatic N) is 1. The first-order valence-electron chi connectivity index (χ1n) is 8.01. The molecule has 0 unspecified atom stereocenters. The van der Waals surface area contributed by atoms with Crippen molar-refractivity contribution in [3.63, 3.8) is 0 Å². The number of hydrogen-bond donors (Lipinski definition) is 0. The second-order valence-electron chi connectivity index (χ2n) is 5.99. The van der Waals surface area contributed by atoms with E-state index in [0.29, 0.717) is 33.1 Å². The molecule has 0 aliphatic rings. The summed E-state index contributed by atoms with van der Waals surface area (Å²) in [4.78, 5) is 16.0. The zero-order chi connectivity index (χ0) is 18.3. The summed E-state index contributed by atoms with van der Waals surface area (Å²) in [6, 6.07) is 17.8. The minimum atomic E-state index is -1.25. The molecule has 4 rings (SSSR count). The van der Waals surface area contributed by atoms with Gasteiger partial charge in [-0.2, -0.15) is 0 Å². The average molecular weight is 363 g/mol. The molecule has 2 aromatic carbocycles. The third-order valence-corrected chi connectivity index (χ3v) is 4.66. The Morgan fingerprint density at radius 1 is 1.04 bits per heavy atom. The summed E-state index contributed by atoms with van der Waals surface area (Å²) in [7, 11) is 0. The van der Waals surface area contributed by atoms with Crippen LogP contribution in [0.3, 0.4) is 0 Å². The standard InChI is InChI=1S/C21H14ClNO3/c1-12-6-7-13(10-16(12)22)19-8-9-20(26-19)18-11-15(21(24)25)14-4-2-3-5-17(14)23-18/h2-11H,1H3,(H,24,25)/p-1. The lowest BCUT2D eigenvalue weighted by molar-refractivity contribution is -0.254. The molecule has 0 aliphatic carbocycles. The molecule has 4 aromatic rings. The van der Waals surface area contributed by atoms with Crippen LogP contribution >= 0.6 is 11.6 Å². The van der Waals surface area contributed by atoms with Crippen LogP contribution in [0.2, 0.25) is 5.02 Å². The van der Waals surface area contributed by atoms with Crippen LogP contribution in [0.1, 0.15) is 15.9 Å². The molecule has 0 amide bonds. The van der Waals surface area contributed by atoms with Gasteiger partial charge in [0.25, 0.3) is 0 Å². The largest absolute Gasteiger partial charge is 0.545 e. The molecule has 0 spiro atoms. The van der Waals surface area contributed by atoms with Gasteiger partial charge in [0.15, 0.2) is 5.76 Å². The number of aromatic nitrogens is 1. The number of furan rings is 1. The van der Waals surface area contributed by atoms with Crippen LogP contribution in [-0.4, -0.2) is 11.0 Å². The van der Waals surface area contributed by atoms with Crippen molar-refractivity contribution < 1.29 is 14.3 Å². The number of carboxylic acids is 1. The van der Waals surface area contributed by atoms with E-state index >= 15 is 0 Å². The number of hydrogen-bond acceptors (Lipinski definition) is 4. The van der Waals surface area contributed by atoms with Gasteiger partial charge in [-0.1, -0.05) is 41.9 Å². The third-order valence-electron chi connectivity index (χ3n) is 4.25. The highest BCUT2D eigenvalue weighted by Crippen LogP contribution is 2.31. The molecule has 0 N–H and O–H groups in total. The number of carboxylic acid groups (broad SMARTS) is 1. The van der Waals surface area contributed by atoms with Gasteiger partial charge in [-0.25, -0.2) is 4.98 Å². The van der Waals surface area contributed by atoms with E-state index in [0.717, 1.165) is 11.1 Å². The SMILES string of the molecule is Cc1ccc(-c2ccc(-c3cc(C(=O)[O-])c4ccccc4n3)o2)cc1Cl. The number of carbonyl (C=O) groups excluding carboxylic acids is 1. The van der Waals surface area contributed by atoms with Gasteiger partial charge in [0.2, 0.25) is 0 Å². The number of pyridine rings is 1. The minimum absolute atomic E-state index is 0.0851. The second kappa shape index (κ2) is 6.32. The second-order valence-corrected chi connectivity index (χ2v) is 6.39. The third kappa shape index (κ3) is 2.85. The minimum Gasteiger partial charge on any atom is -0.545 e. The highest BCUT2D eigenvalue weighted by Gasteiger charge is 2.12. The highest BCUT2D eigenvalue weighted by atomic mass is 35.5. The Kier molecular flexibility index (Phi) is 3.98. The lowest BCUT2D eigenvalue weighted by Gasteiger charge is -2.09. The Morgan fingerprint density at radius 2 is 1.81 bits per heavy atom. The lowest BCUT2D eigenvalue weighted by Crippen LogP contribution is -2.22. The van der Waals surface area contributed by atoms with Gasteiger partial charge in [0, 0.05) is 21.5 Å². The van der Waals surface area contributed by atoms with Crippen molar-refractivity contribution >= 4 is 28.5 Å². The van der Waals surface area contributed by atoms with Gasteiger partial charge >= 0.3 is 0 Å². The molecular formula is C21H13ClNO3-. The predicted octanol–water partition coefficient (Wildman–Crippen LogP) is 4.49. The monoisotopic (exact) mass is 362 g/mol. The molecular weight excluding hydrogens is 350 g/mol. The van der Waals surface area contributed by atoms with E-state index in [1.165, 1.54) is 6.07 Å². The van der Waals surface area contributed by atoms with Crippen LogP contribution in [0.15, 0.2) is 65.1 Å². The Balaban J connectivity index is 1.82. The quantitative estimate of drug-likeness (QED) is 0.538. The van der Waals surface area contributed by atoms with E-state index in [1.54, 1.807) is 30.3 Å².